The van der Waals surface area contributed by atoms with E-state index in [4.69, 9.17) is 0 Å². The maximum atomic E-state index is 4.28. The van der Waals surface area contributed by atoms with Gasteiger partial charge in [0.15, 0.2) is 0 Å². The number of piperidine rings is 1. The van der Waals surface area contributed by atoms with Crippen molar-refractivity contribution >= 4 is 16.5 Å². The number of hydrogen-bond acceptors (Lipinski definition) is 5. The van der Waals surface area contributed by atoms with Crippen LogP contribution < -0.4 is 5.32 Å². The summed E-state index contributed by atoms with van der Waals surface area (Å²) in [5, 5.41) is 8.76. The number of aromatic nitrogens is 2. The van der Waals surface area contributed by atoms with E-state index in [1.54, 1.807) is 0 Å². The lowest BCUT2D eigenvalue weighted by Crippen LogP contribution is -2.45. The van der Waals surface area contributed by atoms with Crippen molar-refractivity contribution in [3.8, 4) is 0 Å². The molecule has 18 heavy (non-hydrogen) atoms. The highest BCUT2D eigenvalue weighted by Gasteiger charge is 2.29. The van der Waals surface area contributed by atoms with Crippen molar-refractivity contribution in [1.29, 1.82) is 0 Å². The normalized spacial score (nSPS) is 29.4. The summed E-state index contributed by atoms with van der Waals surface area (Å²) in [5.74, 6) is 1.55. The summed E-state index contributed by atoms with van der Waals surface area (Å²) in [5.41, 5.74) is 1.11. The minimum absolute atomic E-state index is 0.636. The van der Waals surface area contributed by atoms with Gasteiger partial charge in [-0.2, -0.15) is 0 Å². The summed E-state index contributed by atoms with van der Waals surface area (Å²) in [4.78, 5) is 2.55. The molecule has 0 aliphatic carbocycles. The maximum Gasteiger partial charge on any atom is 0.134 e. The monoisotopic (exact) mass is 268 g/mol. The zero-order chi connectivity index (χ0) is 13.1. The molecule has 4 nitrogen and oxygen atoms in total. The summed E-state index contributed by atoms with van der Waals surface area (Å²) in [6, 6.07) is 0.636. The van der Waals surface area contributed by atoms with Crippen LogP contribution in [-0.2, 0) is 6.54 Å². The first-order chi connectivity index (χ1) is 8.61. The molecule has 1 aromatic heterocycles. The van der Waals surface area contributed by atoms with Gasteiger partial charge in [-0.25, -0.2) is 0 Å². The van der Waals surface area contributed by atoms with Crippen molar-refractivity contribution in [1.82, 2.24) is 14.5 Å². The van der Waals surface area contributed by atoms with Gasteiger partial charge in [0.25, 0.3) is 0 Å². The first-order valence-corrected chi connectivity index (χ1v) is 7.68. The van der Waals surface area contributed by atoms with E-state index in [2.05, 4.69) is 47.5 Å². The first-order valence-electron chi connectivity index (χ1n) is 6.91. The van der Waals surface area contributed by atoms with Gasteiger partial charge in [0.2, 0.25) is 0 Å². The van der Waals surface area contributed by atoms with Gasteiger partial charge in [0, 0.05) is 37.2 Å². The lowest BCUT2D eigenvalue weighted by molar-refractivity contribution is 0.0720. The number of nitrogens with one attached hydrogen (secondary N) is 1. The van der Waals surface area contributed by atoms with Crippen LogP contribution >= 0.6 is 11.5 Å². The first kappa shape index (κ1) is 13.7. The number of likely N-dealkylation sites (tertiary alicyclic amines) is 1. The quantitative estimate of drug-likeness (QED) is 0.911. The third-order valence-electron chi connectivity index (χ3n) is 3.97. The minimum atomic E-state index is 0.636. The van der Waals surface area contributed by atoms with Gasteiger partial charge in [-0.15, -0.1) is 5.10 Å². The molecule has 0 bridgehead atoms. The molecule has 1 aliphatic rings. The number of nitrogens with zero attached hydrogens (tertiary/aromatic N) is 3. The van der Waals surface area contributed by atoms with Crippen LogP contribution in [0.4, 0.5) is 5.00 Å². The summed E-state index contributed by atoms with van der Waals surface area (Å²) < 4.78 is 4.07. The molecule has 3 unspecified atom stereocenters. The number of hydrogen-bond donors (Lipinski definition) is 1. The molecule has 0 amide bonds. The van der Waals surface area contributed by atoms with Gasteiger partial charge in [-0.1, -0.05) is 18.3 Å². The molecule has 1 aliphatic heterocycles. The van der Waals surface area contributed by atoms with E-state index in [0.29, 0.717) is 6.04 Å². The van der Waals surface area contributed by atoms with Gasteiger partial charge in [0.05, 0.1) is 0 Å². The molecule has 1 fully saturated rings. The van der Waals surface area contributed by atoms with E-state index in [1.807, 2.05) is 0 Å². The van der Waals surface area contributed by atoms with Crippen LogP contribution in [-0.4, -0.2) is 33.6 Å². The molecule has 0 saturated carbocycles. The molecule has 2 rings (SSSR count). The number of anilines is 1. The Labute approximate surface area is 114 Å². The van der Waals surface area contributed by atoms with Crippen LogP contribution in [0.2, 0.25) is 0 Å². The lowest BCUT2D eigenvalue weighted by atomic mass is 9.86. The van der Waals surface area contributed by atoms with Gasteiger partial charge < -0.3 is 5.32 Å². The lowest BCUT2D eigenvalue weighted by Gasteiger charge is -2.40. The molecule has 2 heterocycles. The highest BCUT2D eigenvalue weighted by Crippen LogP contribution is 2.29. The van der Waals surface area contributed by atoms with Crippen LogP contribution in [0, 0.1) is 11.8 Å². The predicted octanol–water partition coefficient (Wildman–Crippen LogP) is 2.84. The zero-order valence-corrected chi connectivity index (χ0v) is 12.6. The molecule has 0 radical (unpaired) electrons. The van der Waals surface area contributed by atoms with E-state index < -0.39 is 0 Å². The highest BCUT2D eigenvalue weighted by molar-refractivity contribution is 7.10. The van der Waals surface area contributed by atoms with Crippen molar-refractivity contribution in [3.63, 3.8) is 0 Å². The largest absolute Gasteiger partial charge is 0.374 e. The Hall–Kier alpha value is -0.680. The number of rotatable bonds is 4. The van der Waals surface area contributed by atoms with Crippen molar-refractivity contribution in [2.75, 3.05) is 18.4 Å². The Morgan fingerprint density at radius 1 is 1.39 bits per heavy atom. The molecule has 5 heteroatoms. The van der Waals surface area contributed by atoms with Crippen LogP contribution in [0.1, 0.15) is 39.8 Å². The zero-order valence-electron chi connectivity index (χ0n) is 11.8. The highest BCUT2D eigenvalue weighted by atomic mass is 32.1. The SMILES string of the molecule is CCNc1snnc1CN1CC(C)CC(C)C1C. The Bertz CT molecular complexity index is 379. The van der Waals surface area contributed by atoms with Crippen LogP contribution in [0.5, 0.6) is 0 Å². The van der Waals surface area contributed by atoms with E-state index >= 15 is 0 Å². The fourth-order valence-corrected chi connectivity index (χ4v) is 3.48. The molecular formula is C13H24N4S. The summed E-state index contributed by atoms with van der Waals surface area (Å²) in [6.07, 6.45) is 1.34. The molecule has 1 aromatic rings. The van der Waals surface area contributed by atoms with E-state index in [9.17, 15) is 0 Å². The van der Waals surface area contributed by atoms with Gasteiger partial charge >= 0.3 is 0 Å². The van der Waals surface area contributed by atoms with Crippen LogP contribution in [0.15, 0.2) is 0 Å². The van der Waals surface area contributed by atoms with Crippen molar-refractivity contribution in [3.05, 3.63) is 5.69 Å². The summed E-state index contributed by atoms with van der Waals surface area (Å²) in [6.45, 7) is 12.2. The summed E-state index contributed by atoms with van der Waals surface area (Å²) >= 11 is 1.47. The Balaban J connectivity index is 2.05. The van der Waals surface area contributed by atoms with Gasteiger partial charge in [-0.05, 0) is 32.1 Å². The molecule has 0 aromatic carbocycles. The van der Waals surface area contributed by atoms with E-state index in [1.165, 1.54) is 24.5 Å². The second-order valence-electron chi connectivity index (χ2n) is 5.57. The Morgan fingerprint density at radius 3 is 2.89 bits per heavy atom. The van der Waals surface area contributed by atoms with E-state index in [-0.39, 0.29) is 0 Å². The van der Waals surface area contributed by atoms with Crippen molar-refractivity contribution < 1.29 is 0 Å². The molecule has 0 spiro atoms. The second kappa shape index (κ2) is 5.97. The predicted molar refractivity (Wildman–Crippen MR) is 76.9 cm³/mol. The fraction of sp³-hybridized carbons (Fsp3) is 0.846. The average molecular weight is 268 g/mol. The molecular weight excluding hydrogens is 244 g/mol. The molecule has 1 saturated heterocycles. The van der Waals surface area contributed by atoms with Crippen molar-refractivity contribution in [2.24, 2.45) is 11.8 Å². The Morgan fingerprint density at radius 2 is 2.17 bits per heavy atom. The topological polar surface area (TPSA) is 41.1 Å². The maximum absolute atomic E-state index is 4.28. The minimum Gasteiger partial charge on any atom is -0.374 e. The van der Waals surface area contributed by atoms with Crippen molar-refractivity contribution in [2.45, 2.75) is 46.7 Å². The van der Waals surface area contributed by atoms with Crippen LogP contribution in [0.25, 0.3) is 0 Å². The smallest absolute Gasteiger partial charge is 0.134 e. The van der Waals surface area contributed by atoms with Crippen LogP contribution in [0.3, 0.4) is 0 Å². The summed E-state index contributed by atoms with van der Waals surface area (Å²) in [7, 11) is 0. The molecule has 102 valence electrons. The molecule has 1 N–H and O–H groups in total. The van der Waals surface area contributed by atoms with Gasteiger partial charge in [-0.3, -0.25) is 4.90 Å². The average Bonchev–Trinajstić information content (AvgIpc) is 2.73. The standard InChI is InChI=1S/C13H24N4S/c1-5-14-13-12(15-16-18-13)8-17-7-9(2)6-10(3)11(17)4/h9-11,14H,5-8H2,1-4H3. The van der Waals surface area contributed by atoms with E-state index in [0.717, 1.165) is 35.6 Å². The second-order valence-corrected chi connectivity index (χ2v) is 6.32. The van der Waals surface area contributed by atoms with Gasteiger partial charge in [0.1, 0.15) is 10.7 Å². The Kier molecular flexibility index (Phi) is 4.56. The molecule has 3 atom stereocenters. The third-order valence-corrected chi connectivity index (χ3v) is 4.69. The fourth-order valence-electron chi connectivity index (χ4n) is 2.84. The third kappa shape index (κ3) is 3.01.